The summed E-state index contributed by atoms with van der Waals surface area (Å²) >= 11 is 4.92. The van der Waals surface area contributed by atoms with E-state index in [4.69, 9.17) is 18.9 Å². The van der Waals surface area contributed by atoms with Crippen LogP contribution in [0.3, 0.4) is 0 Å². The number of allylic oxidation sites excluding steroid dienone is 1. The second-order valence-corrected chi connectivity index (χ2v) is 11.4. The molecule has 212 valence electrons. The number of methoxy groups -OCH3 is 1. The summed E-state index contributed by atoms with van der Waals surface area (Å²) in [5.74, 6) is 1.70. The van der Waals surface area contributed by atoms with Gasteiger partial charge in [-0.05, 0) is 68.2 Å². The molecule has 1 atom stereocenters. The van der Waals surface area contributed by atoms with Gasteiger partial charge in [-0.25, -0.2) is 9.79 Å². The minimum Gasteiger partial charge on any atom is -0.493 e. The lowest BCUT2D eigenvalue weighted by Gasteiger charge is -2.26. The van der Waals surface area contributed by atoms with E-state index in [0.29, 0.717) is 61.3 Å². The van der Waals surface area contributed by atoms with E-state index >= 15 is 0 Å². The van der Waals surface area contributed by atoms with Crippen LogP contribution in [0.2, 0.25) is 0 Å². The van der Waals surface area contributed by atoms with Gasteiger partial charge >= 0.3 is 5.97 Å². The molecule has 0 saturated heterocycles. The van der Waals surface area contributed by atoms with Gasteiger partial charge in [0.15, 0.2) is 16.3 Å². The Labute approximate surface area is 245 Å². The molecular weight excluding hydrogens is 596 g/mol. The Hall–Kier alpha value is -3.37. The van der Waals surface area contributed by atoms with Crippen molar-refractivity contribution in [3.8, 4) is 17.2 Å². The smallest absolute Gasteiger partial charge is 0.338 e. The zero-order valence-corrected chi connectivity index (χ0v) is 25.9. The highest BCUT2D eigenvalue weighted by molar-refractivity contribution is 9.10. The van der Waals surface area contributed by atoms with Crippen LogP contribution in [0.5, 0.6) is 17.2 Å². The van der Waals surface area contributed by atoms with Crippen LogP contribution < -0.4 is 29.1 Å². The van der Waals surface area contributed by atoms with Crippen LogP contribution in [-0.2, 0) is 9.53 Å². The number of nitrogens with zero attached hydrogens (tertiary/aromatic N) is 2. The van der Waals surface area contributed by atoms with Gasteiger partial charge in [-0.1, -0.05) is 53.2 Å². The summed E-state index contributed by atoms with van der Waals surface area (Å²) in [6.45, 7) is 10.9. The first-order valence-corrected chi connectivity index (χ1v) is 14.7. The maximum Gasteiger partial charge on any atom is 0.338 e. The lowest BCUT2D eigenvalue weighted by atomic mass is 9.95. The number of halogens is 1. The summed E-state index contributed by atoms with van der Waals surface area (Å²) in [6, 6.07) is 10.4. The van der Waals surface area contributed by atoms with Gasteiger partial charge in [-0.2, -0.15) is 0 Å². The van der Waals surface area contributed by atoms with Crippen molar-refractivity contribution in [1.29, 1.82) is 0 Å². The van der Waals surface area contributed by atoms with E-state index < -0.39 is 12.0 Å². The number of fused-ring (bicyclic) bond motifs is 1. The SMILES string of the molecule is CCOC(=O)C1=C(C)N=c2s/c(=C\c3ccc(OCC(C)C)cc3)c(=O)n2[C@H]1c1cc(OC)c(OCC)cc1Br. The van der Waals surface area contributed by atoms with Crippen LogP contribution in [0.25, 0.3) is 6.08 Å². The maximum absolute atomic E-state index is 13.9. The second kappa shape index (κ2) is 12.9. The number of hydrogen-bond acceptors (Lipinski definition) is 8. The molecule has 0 aliphatic carbocycles. The molecule has 0 N–H and O–H groups in total. The topological polar surface area (TPSA) is 88.4 Å². The third-order valence-corrected chi connectivity index (χ3v) is 7.83. The van der Waals surface area contributed by atoms with Gasteiger partial charge in [-0.3, -0.25) is 9.36 Å². The highest BCUT2D eigenvalue weighted by Crippen LogP contribution is 2.41. The lowest BCUT2D eigenvalue weighted by molar-refractivity contribution is -0.139. The van der Waals surface area contributed by atoms with E-state index in [9.17, 15) is 9.59 Å². The normalized spacial score (nSPS) is 15.1. The van der Waals surface area contributed by atoms with Gasteiger partial charge in [0.2, 0.25) is 0 Å². The molecule has 0 amide bonds. The van der Waals surface area contributed by atoms with Crippen molar-refractivity contribution in [2.75, 3.05) is 26.9 Å². The average molecular weight is 630 g/mol. The zero-order valence-electron chi connectivity index (χ0n) is 23.4. The first-order valence-electron chi connectivity index (χ1n) is 13.1. The highest BCUT2D eigenvalue weighted by atomic mass is 79.9. The zero-order chi connectivity index (χ0) is 29.0. The Balaban J connectivity index is 1.87. The minimum atomic E-state index is -0.789. The van der Waals surface area contributed by atoms with E-state index in [1.807, 2.05) is 37.3 Å². The number of hydrogen-bond donors (Lipinski definition) is 0. The molecule has 0 unspecified atom stereocenters. The largest absolute Gasteiger partial charge is 0.493 e. The molecule has 0 spiro atoms. The standard InChI is InChI=1S/C30H33BrN2O6S/c1-7-37-24-15-22(31)21(14-23(24)36-6)27-26(29(35)38-8-2)18(5)32-30-33(27)28(34)25(40-30)13-19-9-11-20(12-10-19)39-16-17(3)4/h9-15,17,27H,7-8,16H2,1-6H3/b25-13-/t27-/m0/s1. The van der Waals surface area contributed by atoms with Gasteiger partial charge < -0.3 is 18.9 Å². The molecule has 1 aliphatic rings. The molecule has 2 heterocycles. The molecule has 40 heavy (non-hydrogen) atoms. The van der Waals surface area contributed by atoms with Gasteiger partial charge in [0, 0.05) is 4.47 Å². The Morgan fingerprint density at radius 1 is 1.12 bits per heavy atom. The Morgan fingerprint density at radius 2 is 1.85 bits per heavy atom. The van der Waals surface area contributed by atoms with E-state index in [2.05, 4.69) is 34.8 Å². The number of carbonyl (C=O) groups is 1. The second-order valence-electron chi connectivity index (χ2n) is 9.53. The lowest BCUT2D eigenvalue weighted by Crippen LogP contribution is -2.40. The maximum atomic E-state index is 13.9. The van der Waals surface area contributed by atoms with Crippen LogP contribution >= 0.6 is 27.3 Å². The summed E-state index contributed by atoms with van der Waals surface area (Å²) < 4.78 is 25.2. The van der Waals surface area contributed by atoms with E-state index in [0.717, 1.165) is 11.3 Å². The number of esters is 1. The van der Waals surface area contributed by atoms with E-state index in [-0.39, 0.29) is 12.2 Å². The summed E-state index contributed by atoms with van der Waals surface area (Å²) in [5, 5.41) is 0. The van der Waals surface area contributed by atoms with Crippen molar-refractivity contribution in [2.24, 2.45) is 10.9 Å². The van der Waals surface area contributed by atoms with Crippen LogP contribution in [0, 0.1) is 5.92 Å². The Bertz CT molecular complexity index is 1600. The van der Waals surface area contributed by atoms with Crippen LogP contribution in [-0.4, -0.2) is 37.5 Å². The summed E-state index contributed by atoms with van der Waals surface area (Å²) in [7, 11) is 1.55. The highest BCUT2D eigenvalue weighted by Gasteiger charge is 2.35. The van der Waals surface area contributed by atoms with Crippen molar-refractivity contribution in [2.45, 2.75) is 40.7 Å². The van der Waals surface area contributed by atoms with Gasteiger partial charge in [0.1, 0.15) is 5.75 Å². The molecule has 1 aliphatic heterocycles. The molecule has 2 aromatic carbocycles. The number of benzene rings is 2. The molecule has 0 radical (unpaired) electrons. The first kappa shape index (κ1) is 29.6. The predicted molar refractivity (Wildman–Crippen MR) is 159 cm³/mol. The quantitative estimate of drug-likeness (QED) is 0.294. The van der Waals surface area contributed by atoms with Crippen molar-refractivity contribution in [1.82, 2.24) is 4.57 Å². The first-order chi connectivity index (χ1) is 19.2. The molecule has 8 nitrogen and oxygen atoms in total. The molecule has 3 aromatic rings. The van der Waals surface area contributed by atoms with Crippen LogP contribution in [0.4, 0.5) is 0 Å². The molecular formula is C30H33BrN2O6S. The predicted octanol–water partition coefficient (Wildman–Crippen LogP) is 5.00. The average Bonchev–Trinajstić information content (AvgIpc) is 3.22. The fourth-order valence-electron chi connectivity index (χ4n) is 4.35. The third kappa shape index (κ3) is 6.18. The molecule has 0 saturated carbocycles. The fourth-order valence-corrected chi connectivity index (χ4v) is 5.93. The summed E-state index contributed by atoms with van der Waals surface area (Å²) in [5.41, 5.74) is 2.02. The van der Waals surface area contributed by atoms with Crippen molar-refractivity contribution < 1.29 is 23.7 Å². The Kier molecular flexibility index (Phi) is 9.52. The van der Waals surface area contributed by atoms with Crippen molar-refractivity contribution in [3.05, 3.63) is 83.0 Å². The fraction of sp³-hybridized carbons (Fsp3) is 0.367. The Morgan fingerprint density at radius 3 is 2.48 bits per heavy atom. The molecule has 0 bridgehead atoms. The van der Waals surface area contributed by atoms with Gasteiger partial charge in [-0.15, -0.1) is 0 Å². The van der Waals surface area contributed by atoms with Crippen molar-refractivity contribution >= 4 is 39.3 Å². The molecule has 0 fully saturated rings. The van der Waals surface area contributed by atoms with E-state index in [1.165, 1.54) is 11.3 Å². The molecule has 10 heteroatoms. The van der Waals surface area contributed by atoms with Gasteiger partial charge in [0.25, 0.3) is 5.56 Å². The number of ether oxygens (including phenoxy) is 4. The minimum absolute atomic E-state index is 0.192. The summed E-state index contributed by atoms with van der Waals surface area (Å²) in [6.07, 6.45) is 1.82. The number of thiazole rings is 1. The van der Waals surface area contributed by atoms with Crippen LogP contribution in [0.15, 0.2) is 61.9 Å². The summed E-state index contributed by atoms with van der Waals surface area (Å²) in [4.78, 5) is 32.3. The van der Waals surface area contributed by atoms with Gasteiger partial charge in [0.05, 0.1) is 48.8 Å². The molecule has 4 rings (SSSR count). The van der Waals surface area contributed by atoms with Crippen LogP contribution in [0.1, 0.15) is 51.8 Å². The van der Waals surface area contributed by atoms with E-state index in [1.54, 1.807) is 37.7 Å². The number of aromatic nitrogens is 1. The van der Waals surface area contributed by atoms with Crippen molar-refractivity contribution in [3.63, 3.8) is 0 Å². The number of rotatable bonds is 10. The third-order valence-electron chi connectivity index (χ3n) is 6.16. The monoisotopic (exact) mass is 628 g/mol. The molecule has 1 aromatic heterocycles. The number of carbonyl (C=O) groups excluding carboxylic acids is 1.